The van der Waals surface area contributed by atoms with Crippen LogP contribution in [0.15, 0.2) is 15.8 Å². The zero-order valence-electron chi connectivity index (χ0n) is 13.6. The summed E-state index contributed by atoms with van der Waals surface area (Å²) in [5, 5.41) is 3.85. The van der Waals surface area contributed by atoms with Crippen LogP contribution in [0.3, 0.4) is 0 Å². The second kappa shape index (κ2) is 7.12. The lowest BCUT2D eigenvalue weighted by atomic mass is 10.0. The highest BCUT2D eigenvalue weighted by Gasteiger charge is 2.15. The van der Waals surface area contributed by atoms with Gasteiger partial charge < -0.3 is 5.32 Å². The lowest BCUT2D eigenvalue weighted by molar-refractivity contribution is -0.121. The Labute approximate surface area is 142 Å². The summed E-state index contributed by atoms with van der Waals surface area (Å²) in [6.45, 7) is 1.98. The average molecular weight is 348 g/mol. The van der Waals surface area contributed by atoms with E-state index >= 15 is 0 Å². The van der Waals surface area contributed by atoms with Crippen LogP contribution in [0.1, 0.15) is 34.0 Å². The Bertz CT molecular complexity index is 841. The number of aryl methyl sites for hydroxylation is 3. The van der Waals surface area contributed by atoms with E-state index in [1.54, 1.807) is 18.3 Å². The molecule has 3 rings (SSSR count). The average Bonchev–Trinajstić information content (AvgIpc) is 2.95. The Morgan fingerprint density at radius 3 is 2.96 bits per heavy atom. The molecule has 1 aliphatic rings. The van der Waals surface area contributed by atoms with Gasteiger partial charge in [-0.1, -0.05) is 0 Å². The van der Waals surface area contributed by atoms with Crippen molar-refractivity contribution in [3.05, 3.63) is 48.2 Å². The summed E-state index contributed by atoms with van der Waals surface area (Å²) < 4.78 is 1.20. The molecule has 0 radical (unpaired) electrons. The van der Waals surface area contributed by atoms with Gasteiger partial charge in [-0.05, 0) is 32.6 Å². The van der Waals surface area contributed by atoms with Gasteiger partial charge in [0.1, 0.15) is 6.54 Å². The van der Waals surface area contributed by atoms with E-state index in [0.717, 1.165) is 17.8 Å². The number of thiazole rings is 1. The summed E-state index contributed by atoms with van der Waals surface area (Å²) in [7, 11) is 0. The summed E-state index contributed by atoms with van der Waals surface area (Å²) in [6.07, 6.45) is 6.72. The van der Waals surface area contributed by atoms with Crippen molar-refractivity contribution in [1.82, 2.24) is 19.9 Å². The number of carbonyl (C=O) groups is 1. The molecule has 2 aromatic rings. The highest BCUT2D eigenvalue weighted by atomic mass is 32.1. The van der Waals surface area contributed by atoms with Gasteiger partial charge in [0.2, 0.25) is 5.91 Å². The van der Waals surface area contributed by atoms with Crippen LogP contribution in [0.2, 0.25) is 0 Å². The molecule has 8 heteroatoms. The second-order valence-corrected chi connectivity index (χ2v) is 7.15. The molecule has 0 aromatic carbocycles. The first-order valence-electron chi connectivity index (χ1n) is 8.07. The Balaban J connectivity index is 1.53. The van der Waals surface area contributed by atoms with Gasteiger partial charge in [-0.25, -0.2) is 9.78 Å². The summed E-state index contributed by atoms with van der Waals surface area (Å²) in [6, 6.07) is 0. The first-order valence-corrected chi connectivity index (χ1v) is 8.89. The van der Waals surface area contributed by atoms with Gasteiger partial charge in [0, 0.05) is 29.6 Å². The molecular formula is C16H20N4O3S. The maximum absolute atomic E-state index is 12.0. The van der Waals surface area contributed by atoms with E-state index in [0.29, 0.717) is 18.5 Å². The fourth-order valence-corrected chi connectivity index (χ4v) is 3.92. The summed E-state index contributed by atoms with van der Waals surface area (Å²) in [5.74, 6) is -0.259. The summed E-state index contributed by atoms with van der Waals surface area (Å²) in [4.78, 5) is 43.1. The number of nitrogens with one attached hydrogen (secondary N) is 2. The van der Waals surface area contributed by atoms with E-state index in [2.05, 4.69) is 15.3 Å². The number of fused-ring (bicyclic) bond motifs is 1. The molecule has 2 aromatic heterocycles. The quantitative estimate of drug-likeness (QED) is 0.824. The van der Waals surface area contributed by atoms with E-state index in [1.165, 1.54) is 34.2 Å². The van der Waals surface area contributed by atoms with E-state index in [4.69, 9.17) is 0 Å². The third kappa shape index (κ3) is 3.81. The summed E-state index contributed by atoms with van der Waals surface area (Å²) in [5.41, 5.74) is 0.622. The zero-order valence-corrected chi connectivity index (χ0v) is 14.4. The molecule has 1 aliphatic carbocycles. The molecule has 0 saturated carbocycles. The molecule has 2 N–H and O–H groups in total. The summed E-state index contributed by atoms with van der Waals surface area (Å²) >= 11 is 1.74. The molecule has 0 aliphatic heterocycles. The van der Waals surface area contributed by atoms with Crippen LogP contribution in [0.4, 0.5) is 0 Å². The van der Waals surface area contributed by atoms with Gasteiger partial charge in [-0.15, -0.1) is 11.3 Å². The molecule has 1 amide bonds. The van der Waals surface area contributed by atoms with Gasteiger partial charge >= 0.3 is 5.69 Å². The smallest absolute Gasteiger partial charge is 0.328 e. The number of hydrogen-bond donors (Lipinski definition) is 2. The van der Waals surface area contributed by atoms with Gasteiger partial charge in [0.05, 0.1) is 10.7 Å². The van der Waals surface area contributed by atoms with Crippen LogP contribution in [0.25, 0.3) is 0 Å². The Morgan fingerprint density at radius 1 is 1.38 bits per heavy atom. The predicted octanol–water partition coefficient (Wildman–Crippen LogP) is 0.539. The third-order valence-corrected chi connectivity index (χ3v) is 5.27. The van der Waals surface area contributed by atoms with E-state index < -0.39 is 11.2 Å². The van der Waals surface area contributed by atoms with Crippen molar-refractivity contribution in [1.29, 1.82) is 0 Å². The molecular weight excluding hydrogens is 328 g/mol. The van der Waals surface area contributed by atoms with Gasteiger partial charge in [0.15, 0.2) is 0 Å². The molecule has 0 spiro atoms. The van der Waals surface area contributed by atoms with Crippen molar-refractivity contribution in [2.24, 2.45) is 0 Å². The topological polar surface area (TPSA) is 96.8 Å². The number of aromatic nitrogens is 3. The molecule has 128 valence electrons. The molecule has 0 fully saturated rings. The molecule has 0 bridgehead atoms. The second-order valence-electron chi connectivity index (χ2n) is 5.98. The number of H-pyrrole nitrogens is 1. The van der Waals surface area contributed by atoms with Gasteiger partial charge in [0.25, 0.3) is 5.56 Å². The van der Waals surface area contributed by atoms with Crippen molar-refractivity contribution >= 4 is 17.2 Å². The number of hydrogen-bond acceptors (Lipinski definition) is 5. The Morgan fingerprint density at radius 2 is 2.17 bits per heavy atom. The first kappa shape index (κ1) is 16.6. The molecule has 0 unspecified atom stereocenters. The lowest BCUT2D eigenvalue weighted by Gasteiger charge is -2.07. The highest BCUT2D eigenvalue weighted by Crippen LogP contribution is 2.26. The van der Waals surface area contributed by atoms with E-state index in [-0.39, 0.29) is 12.5 Å². The molecule has 7 nitrogen and oxygen atoms in total. The maximum Gasteiger partial charge on any atom is 0.328 e. The standard InChI is InChI=1S/C16H20N4O3S/c1-10-8-20(16(23)19-15(10)22)9-13(21)17-7-6-14-18-11-4-2-3-5-12(11)24-14/h8H,2-7,9H2,1H3,(H,17,21)(H,19,22,23). The van der Waals surface area contributed by atoms with Gasteiger partial charge in [-0.3, -0.25) is 19.1 Å². The minimum Gasteiger partial charge on any atom is -0.354 e. The van der Waals surface area contributed by atoms with E-state index in [1.807, 2.05) is 0 Å². The van der Waals surface area contributed by atoms with Crippen molar-refractivity contribution in [3.63, 3.8) is 0 Å². The molecule has 2 heterocycles. The molecule has 24 heavy (non-hydrogen) atoms. The number of carbonyl (C=O) groups excluding carboxylic acids is 1. The number of aromatic amines is 1. The predicted molar refractivity (Wildman–Crippen MR) is 91.5 cm³/mol. The van der Waals surface area contributed by atoms with Crippen molar-refractivity contribution in [3.8, 4) is 0 Å². The SMILES string of the molecule is Cc1cn(CC(=O)NCCc2nc3c(s2)CCCC3)c(=O)[nH]c1=O. The maximum atomic E-state index is 12.0. The minimum atomic E-state index is -0.576. The fourth-order valence-electron chi connectivity index (χ4n) is 2.77. The first-order chi connectivity index (χ1) is 11.5. The molecule has 0 saturated heterocycles. The lowest BCUT2D eigenvalue weighted by Crippen LogP contribution is -2.37. The van der Waals surface area contributed by atoms with Crippen LogP contribution >= 0.6 is 11.3 Å². The fraction of sp³-hybridized carbons (Fsp3) is 0.500. The van der Waals surface area contributed by atoms with Crippen molar-refractivity contribution < 1.29 is 4.79 Å². The zero-order chi connectivity index (χ0) is 17.1. The third-order valence-electron chi connectivity index (χ3n) is 4.05. The minimum absolute atomic E-state index is 0.106. The largest absolute Gasteiger partial charge is 0.354 e. The molecule has 0 atom stereocenters. The van der Waals surface area contributed by atoms with Crippen LogP contribution in [0, 0.1) is 6.92 Å². The van der Waals surface area contributed by atoms with Crippen LogP contribution in [-0.4, -0.2) is 27.0 Å². The number of nitrogens with zero attached hydrogens (tertiary/aromatic N) is 2. The number of amides is 1. The van der Waals surface area contributed by atoms with Crippen molar-refractivity contribution in [2.45, 2.75) is 45.6 Å². The van der Waals surface area contributed by atoms with Crippen LogP contribution < -0.4 is 16.6 Å². The Hall–Kier alpha value is -2.22. The monoisotopic (exact) mass is 348 g/mol. The number of rotatable bonds is 5. The Kier molecular flexibility index (Phi) is 4.94. The normalized spacial score (nSPS) is 13.5. The van der Waals surface area contributed by atoms with E-state index in [9.17, 15) is 14.4 Å². The van der Waals surface area contributed by atoms with Crippen molar-refractivity contribution in [2.75, 3.05) is 6.54 Å². The highest BCUT2D eigenvalue weighted by molar-refractivity contribution is 7.11. The van der Waals surface area contributed by atoms with Crippen LogP contribution in [-0.2, 0) is 30.6 Å². The van der Waals surface area contributed by atoms with Crippen LogP contribution in [0.5, 0.6) is 0 Å². The van der Waals surface area contributed by atoms with Gasteiger partial charge in [-0.2, -0.15) is 0 Å².